The Morgan fingerprint density at radius 3 is 2.33 bits per heavy atom. The van der Waals surface area contributed by atoms with Gasteiger partial charge in [0.15, 0.2) is 5.43 Å². The van der Waals surface area contributed by atoms with E-state index >= 15 is 0 Å². The third kappa shape index (κ3) is 6.04. The van der Waals surface area contributed by atoms with E-state index in [1.807, 2.05) is 0 Å². The summed E-state index contributed by atoms with van der Waals surface area (Å²) in [4.78, 5) is 41.9. The minimum atomic E-state index is -0.650. The standard InChI is InChI=1S/C25H18Cl2N4O4.ClH/c1-31-9-8-20(32)19(13-31)14-2-4-15(5-3-14)24(34)30-23-18(10-17(27)11-21(23)33)25(35)29-22-7-6-16(26)12-28-22;/h2-13,33H,1H3,(H,30,34)(H,28,29,35);1H. The Balaban J connectivity index is 0.00000361. The molecule has 0 atom stereocenters. The topological polar surface area (TPSA) is 113 Å². The van der Waals surface area contributed by atoms with E-state index in [4.69, 9.17) is 23.2 Å². The molecule has 0 aliphatic rings. The van der Waals surface area contributed by atoms with Gasteiger partial charge in [0.1, 0.15) is 11.6 Å². The summed E-state index contributed by atoms with van der Waals surface area (Å²) in [6.07, 6.45) is 4.72. The van der Waals surface area contributed by atoms with Crippen LogP contribution in [0.1, 0.15) is 20.7 Å². The van der Waals surface area contributed by atoms with E-state index in [2.05, 4.69) is 15.6 Å². The monoisotopic (exact) mass is 544 g/mol. The smallest absolute Gasteiger partial charge is 0.259 e. The molecule has 0 fully saturated rings. The van der Waals surface area contributed by atoms with Gasteiger partial charge in [0.2, 0.25) is 0 Å². The molecule has 2 aromatic heterocycles. The highest BCUT2D eigenvalue weighted by Crippen LogP contribution is 2.32. The number of phenolic OH excluding ortho intramolecular Hbond substituents is 1. The number of phenols is 1. The highest BCUT2D eigenvalue weighted by molar-refractivity contribution is 6.32. The lowest BCUT2D eigenvalue weighted by Gasteiger charge is -2.14. The number of carbonyl (C=O) groups is 2. The number of anilines is 2. The number of halogens is 3. The lowest BCUT2D eigenvalue weighted by molar-refractivity contribution is 0.102. The number of benzene rings is 2. The molecule has 0 bridgehead atoms. The van der Waals surface area contributed by atoms with Crippen LogP contribution in [-0.4, -0.2) is 26.5 Å². The third-order valence-corrected chi connectivity index (χ3v) is 5.49. The maximum absolute atomic E-state index is 12.9. The molecule has 0 aliphatic heterocycles. The van der Waals surface area contributed by atoms with Crippen molar-refractivity contribution < 1.29 is 14.7 Å². The fraction of sp³-hybridized carbons (Fsp3) is 0.0400. The number of amides is 2. The van der Waals surface area contributed by atoms with Gasteiger partial charge in [0.25, 0.3) is 11.8 Å². The summed E-state index contributed by atoms with van der Waals surface area (Å²) < 4.78 is 1.76. The van der Waals surface area contributed by atoms with Crippen molar-refractivity contribution in [1.82, 2.24) is 9.55 Å². The van der Waals surface area contributed by atoms with Crippen molar-refractivity contribution >= 4 is 58.9 Å². The molecule has 2 aromatic carbocycles. The Labute approximate surface area is 221 Å². The zero-order valence-electron chi connectivity index (χ0n) is 18.7. The minimum Gasteiger partial charge on any atom is -0.506 e. The van der Waals surface area contributed by atoms with Crippen molar-refractivity contribution in [2.45, 2.75) is 0 Å². The van der Waals surface area contributed by atoms with Crippen molar-refractivity contribution in [3.05, 3.63) is 105 Å². The van der Waals surface area contributed by atoms with E-state index in [-0.39, 0.29) is 51.2 Å². The van der Waals surface area contributed by atoms with Crippen LogP contribution in [0.4, 0.5) is 11.5 Å². The number of hydrogen-bond acceptors (Lipinski definition) is 5. The fourth-order valence-corrected chi connectivity index (χ4v) is 3.65. The summed E-state index contributed by atoms with van der Waals surface area (Å²) in [5.74, 6) is -1.39. The molecular weight excluding hydrogens is 527 g/mol. The van der Waals surface area contributed by atoms with Gasteiger partial charge in [-0.05, 0) is 35.9 Å². The van der Waals surface area contributed by atoms with Crippen LogP contribution in [0, 0.1) is 0 Å². The average Bonchev–Trinajstić information content (AvgIpc) is 2.83. The summed E-state index contributed by atoms with van der Waals surface area (Å²) in [5, 5.41) is 16.0. The van der Waals surface area contributed by atoms with E-state index in [0.29, 0.717) is 16.1 Å². The largest absolute Gasteiger partial charge is 0.506 e. The first-order valence-electron chi connectivity index (χ1n) is 10.2. The number of rotatable bonds is 5. The first-order chi connectivity index (χ1) is 16.7. The van der Waals surface area contributed by atoms with Crippen molar-refractivity contribution in [3.8, 4) is 16.9 Å². The molecule has 11 heteroatoms. The normalized spacial score (nSPS) is 10.3. The number of aromatic nitrogens is 2. The van der Waals surface area contributed by atoms with E-state index in [1.54, 1.807) is 54.3 Å². The van der Waals surface area contributed by atoms with Gasteiger partial charge in [-0.25, -0.2) is 4.98 Å². The first-order valence-corrected chi connectivity index (χ1v) is 11.0. The SMILES string of the molecule is Cl.Cn1ccc(=O)c(-c2ccc(C(=O)Nc3c(O)cc(Cl)cc3C(=O)Nc3ccc(Cl)cn3)cc2)c1. The summed E-state index contributed by atoms with van der Waals surface area (Å²) in [7, 11) is 1.81. The number of nitrogens with one attached hydrogen (secondary N) is 2. The van der Waals surface area contributed by atoms with E-state index in [0.717, 1.165) is 0 Å². The molecule has 4 rings (SSSR count). The number of carbonyl (C=O) groups excluding carboxylic acids is 2. The van der Waals surface area contributed by atoms with Crippen LogP contribution in [0.3, 0.4) is 0 Å². The number of aromatic hydroxyl groups is 1. The van der Waals surface area contributed by atoms with Crippen molar-refractivity contribution in [1.29, 1.82) is 0 Å². The molecular formula is C25H19Cl3N4O4. The highest BCUT2D eigenvalue weighted by atomic mass is 35.5. The summed E-state index contributed by atoms with van der Waals surface area (Å²) >= 11 is 11.8. The zero-order valence-corrected chi connectivity index (χ0v) is 21.0. The molecule has 184 valence electrons. The van der Waals surface area contributed by atoms with Crippen LogP contribution in [0.25, 0.3) is 11.1 Å². The van der Waals surface area contributed by atoms with Gasteiger partial charge in [0, 0.05) is 53.9 Å². The van der Waals surface area contributed by atoms with Crippen LogP contribution < -0.4 is 16.1 Å². The molecule has 8 nitrogen and oxygen atoms in total. The van der Waals surface area contributed by atoms with Crippen molar-refractivity contribution in [3.63, 3.8) is 0 Å². The maximum atomic E-state index is 12.9. The molecule has 2 amide bonds. The second-order valence-electron chi connectivity index (χ2n) is 7.58. The van der Waals surface area contributed by atoms with Crippen LogP contribution in [-0.2, 0) is 7.05 Å². The van der Waals surface area contributed by atoms with Gasteiger partial charge in [0.05, 0.1) is 16.3 Å². The van der Waals surface area contributed by atoms with Crippen molar-refractivity contribution in [2.24, 2.45) is 7.05 Å². The molecule has 0 unspecified atom stereocenters. The molecule has 0 saturated heterocycles. The Kier molecular flexibility index (Phi) is 8.37. The average molecular weight is 546 g/mol. The number of pyridine rings is 2. The lowest BCUT2D eigenvalue weighted by atomic mass is 10.0. The fourth-order valence-electron chi connectivity index (χ4n) is 3.33. The minimum absolute atomic E-state index is 0. The van der Waals surface area contributed by atoms with E-state index in [1.165, 1.54) is 30.5 Å². The second kappa shape index (κ2) is 11.3. The van der Waals surface area contributed by atoms with Gasteiger partial charge >= 0.3 is 0 Å². The Morgan fingerprint density at radius 1 is 0.944 bits per heavy atom. The van der Waals surface area contributed by atoms with Gasteiger partial charge in [-0.1, -0.05) is 35.3 Å². The molecule has 2 heterocycles. The summed E-state index contributed by atoms with van der Waals surface area (Å²) in [6, 6.07) is 13.4. The third-order valence-electron chi connectivity index (χ3n) is 5.05. The Hall–Kier alpha value is -3.85. The van der Waals surface area contributed by atoms with Crippen LogP contribution in [0.2, 0.25) is 10.0 Å². The first kappa shape index (κ1) is 26.7. The molecule has 0 radical (unpaired) electrons. The Morgan fingerprint density at radius 2 is 1.67 bits per heavy atom. The molecule has 4 aromatic rings. The van der Waals surface area contributed by atoms with Crippen LogP contribution in [0.15, 0.2) is 78.0 Å². The number of hydrogen-bond donors (Lipinski definition) is 3. The van der Waals surface area contributed by atoms with Crippen molar-refractivity contribution in [2.75, 3.05) is 10.6 Å². The zero-order chi connectivity index (χ0) is 25.1. The van der Waals surface area contributed by atoms with Crippen LogP contribution >= 0.6 is 35.6 Å². The quantitative estimate of drug-likeness (QED) is 0.291. The summed E-state index contributed by atoms with van der Waals surface area (Å²) in [5.41, 5.74) is 1.06. The molecule has 36 heavy (non-hydrogen) atoms. The Bertz CT molecular complexity index is 1490. The van der Waals surface area contributed by atoms with Crippen LogP contribution in [0.5, 0.6) is 5.75 Å². The highest BCUT2D eigenvalue weighted by Gasteiger charge is 2.20. The van der Waals surface area contributed by atoms with Gasteiger partial charge in [-0.2, -0.15) is 0 Å². The molecule has 3 N–H and O–H groups in total. The predicted octanol–water partition coefficient (Wildman–Crippen LogP) is 5.39. The number of aryl methyl sites for hydroxylation is 1. The van der Waals surface area contributed by atoms with Gasteiger partial charge in [-0.15, -0.1) is 12.4 Å². The van der Waals surface area contributed by atoms with Gasteiger partial charge < -0.3 is 20.3 Å². The van der Waals surface area contributed by atoms with E-state index in [9.17, 15) is 19.5 Å². The maximum Gasteiger partial charge on any atom is 0.259 e. The predicted molar refractivity (Wildman–Crippen MR) is 143 cm³/mol. The van der Waals surface area contributed by atoms with E-state index < -0.39 is 11.8 Å². The lowest BCUT2D eigenvalue weighted by Crippen LogP contribution is -2.19. The number of nitrogens with zero attached hydrogens (tertiary/aromatic N) is 2. The van der Waals surface area contributed by atoms with Gasteiger partial charge in [-0.3, -0.25) is 14.4 Å². The summed E-state index contributed by atoms with van der Waals surface area (Å²) in [6.45, 7) is 0. The second-order valence-corrected chi connectivity index (χ2v) is 8.46. The molecule has 0 aliphatic carbocycles. The molecule has 0 spiro atoms. The molecule has 0 saturated carbocycles.